The monoisotopic (exact) mass is 518 g/mol. The normalized spacial score (nSPS) is 13.9. The zero-order valence-corrected chi connectivity index (χ0v) is 20.6. The zero-order valence-electron chi connectivity index (χ0n) is 20.6. The Kier molecular flexibility index (Phi) is 6.97. The molecule has 0 radical (unpaired) electrons. The number of para-hydroxylation sites is 1. The van der Waals surface area contributed by atoms with Crippen molar-refractivity contribution in [2.45, 2.75) is 0 Å². The van der Waals surface area contributed by atoms with Crippen LogP contribution in [0.25, 0.3) is 22.0 Å². The van der Waals surface area contributed by atoms with E-state index >= 15 is 4.39 Å². The van der Waals surface area contributed by atoms with Crippen molar-refractivity contribution in [1.29, 1.82) is 0 Å². The first-order chi connectivity index (χ1) is 18.3. The van der Waals surface area contributed by atoms with Gasteiger partial charge in [-0.1, -0.05) is 24.8 Å². The molecule has 3 aromatic carbocycles. The molecule has 1 amide bonds. The molecule has 4 aromatic rings. The van der Waals surface area contributed by atoms with Crippen LogP contribution >= 0.6 is 0 Å². The van der Waals surface area contributed by atoms with E-state index < -0.39 is 23.4 Å². The Balaban J connectivity index is 1.47. The lowest BCUT2D eigenvalue weighted by atomic mass is 10.0. The van der Waals surface area contributed by atoms with Gasteiger partial charge in [0.05, 0.1) is 16.9 Å². The number of carbonyl (C=O) groups is 1. The fourth-order valence-electron chi connectivity index (χ4n) is 4.41. The molecule has 0 unspecified atom stereocenters. The molecular formula is C28H25F3N6O. The molecule has 1 aliphatic rings. The standard InChI is InChI=1S/C28H25F3N6O/c1-3-24(38)33-20-14-18(13-19(29)15-20)21-6-4-5-17-16-32-28(35-27(17)21)34-22-7-8-23(26(31)25(22)30)37-11-9-36(2)10-12-37/h3-8,13-16H,1,9-12H2,2H3,(H,33,38)(H,32,34,35). The van der Waals surface area contributed by atoms with Crippen molar-refractivity contribution >= 4 is 39.8 Å². The van der Waals surface area contributed by atoms with Crippen molar-refractivity contribution in [3.8, 4) is 11.1 Å². The lowest BCUT2D eigenvalue weighted by Crippen LogP contribution is -2.44. The third kappa shape index (κ3) is 5.16. The third-order valence-electron chi connectivity index (χ3n) is 6.42. The van der Waals surface area contributed by atoms with Gasteiger partial charge in [0.1, 0.15) is 5.82 Å². The van der Waals surface area contributed by atoms with E-state index in [1.807, 2.05) is 11.9 Å². The summed E-state index contributed by atoms with van der Waals surface area (Å²) < 4.78 is 44.4. The van der Waals surface area contributed by atoms with Crippen molar-refractivity contribution in [3.05, 3.63) is 84.8 Å². The summed E-state index contributed by atoms with van der Waals surface area (Å²) in [5, 5.41) is 5.98. The number of piperazine rings is 1. The van der Waals surface area contributed by atoms with Gasteiger partial charge < -0.3 is 20.4 Å². The first-order valence-corrected chi connectivity index (χ1v) is 12.0. The summed E-state index contributed by atoms with van der Waals surface area (Å²) >= 11 is 0. The van der Waals surface area contributed by atoms with E-state index in [4.69, 9.17) is 0 Å². The highest BCUT2D eigenvalue weighted by molar-refractivity contribution is 6.00. The minimum atomic E-state index is -1.02. The number of nitrogens with one attached hydrogen (secondary N) is 2. The van der Waals surface area contributed by atoms with Gasteiger partial charge in [-0.15, -0.1) is 0 Å². The van der Waals surface area contributed by atoms with Gasteiger partial charge in [-0.2, -0.15) is 0 Å². The van der Waals surface area contributed by atoms with Crippen LogP contribution < -0.4 is 15.5 Å². The number of amides is 1. The summed E-state index contributed by atoms with van der Waals surface area (Å²) in [5.41, 5.74) is 1.87. The second kappa shape index (κ2) is 10.5. The number of hydrogen-bond acceptors (Lipinski definition) is 6. The Morgan fingerprint density at radius 1 is 1.03 bits per heavy atom. The van der Waals surface area contributed by atoms with Gasteiger partial charge in [0, 0.05) is 49.0 Å². The van der Waals surface area contributed by atoms with Gasteiger partial charge in [0.2, 0.25) is 11.9 Å². The van der Waals surface area contributed by atoms with Gasteiger partial charge >= 0.3 is 0 Å². The molecule has 5 rings (SSSR count). The molecule has 7 nitrogen and oxygen atoms in total. The van der Waals surface area contributed by atoms with Crippen LogP contribution in [0.1, 0.15) is 0 Å². The Bertz CT molecular complexity index is 1540. The zero-order chi connectivity index (χ0) is 26.8. The maximum Gasteiger partial charge on any atom is 0.247 e. The molecule has 1 aliphatic heterocycles. The van der Waals surface area contributed by atoms with Crippen LogP contribution in [0.4, 0.5) is 36.2 Å². The number of benzene rings is 3. The third-order valence-corrected chi connectivity index (χ3v) is 6.42. The number of rotatable bonds is 6. The number of nitrogens with zero attached hydrogens (tertiary/aromatic N) is 4. The van der Waals surface area contributed by atoms with Crippen LogP contribution in [0.5, 0.6) is 0 Å². The predicted octanol–water partition coefficient (Wildman–Crippen LogP) is 5.33. The largest absolute Gasteiger partial charge is 0.367 e. The van der Waals surface area contributed by atoms with Gasteiger partial charge in [-0.25, -0.2) is 23.1 Å². The van der Waals surface area contributed by atoms with E-state index in [0.717, 1.165) is 19.2 Å². The van der Waals surface area contributed by atoms with Gasteiger partial charge in [0.15, 0.2) is 11.6 Å². The molecule has 1 fully saturated rings. The molecule has 0 atom stereocenters. The minimum Gasteiger partial charge on any atom is -0.367 e. The highest BCUT2D eigenvalue weighted by Crippen LogP contribution is 2.32. The molecule has 1 aromatic heterocycles. The van der Waals surface area contributed by atoms with Crippen molar-refractivity contribution in [3.63, 3.8) is 0 Å². The molecule has 194 valence electrons. The van der Waals surface area contributed by atoms with Crippen LogP contribution in [0.2, 0.25) is 0 Å². The maximum atomic E-state index is 15.0. The SMILES string of the molecule is C=CC(=O)Nc1cc(F)cc(-c2cccc3cnc(Nc4ccc(N5CCN(C)CC5)c(F)c4F)nc23)c1. The molecule has 0 spiro atoms. The van der Waals surface area contributed by atoms with Crippen molar-refractivity contribution in [2.24, 2.45) is 0 Å². The van der Waals surface area contributed by atoms with E-state index in [9.17, 15) is 13.6 Å². The molecule has 0 saturated carbocycles. The van der Waals surface area contributed by atoms with Crippen LogP contribution in [0.15, 0.2) is 67.4 Å². The highest BCUT2D eigenvalue weighted by Gasteiger charge is 2.22. The molecular weight excluding hydrogens is 493 g/mol. The van der Waals surface area contributed by atoms with Crippen molar-refractivity contribution in [1.82, 2.24) is 14.9 Å². The van der Waals surface area contributed by atoms with Gasteiger partial charge in [0.25, 0.3) is 0 Å². The molecule has 0 bridgehead atoms. The lowest BCUT2D eigenvalue weighted by molar-refractivity contribution is -0.111. The molecule has 2 N–H and O–H groups in total. The molecule has 0 aliphatic carbocycles. The number of halogens is 3. The second-order valence-corrected chi connectivity index (χ2v) is 9.03. The number of fused-ring (bicyclic) bond motifs is 1. The Hall–Kier alpha value is -4.44. The Morgan fingerprint density at radius 2 is 1.82 bits per heavy atom. The molecule has 2 heterocycles. The van der Waals surface area contributed by atoms with E-state index in [0.29, 0.717) is 35.1 Å². The lowest BCUT2D eigenvalue weighted by Gasteiger charge is -2.34. The van der Waals surface area contributed by atoms with Crippen LogP contribution in [-0.4, -0.2) is 54.0 Å². The number of carbonyl (C=O) groups excluding carboxylic acids is 1. The predicted molar refractivity (Wildman–Crippen MR) is 143 cm³/mol. The summed E-state index contributed by atoms with van der Waals surface area (Å²) in [6.07, 6.45) is 2.63. The average molecular weight is 519 g/mol. The summed E-state index contributed by atoms with van der Waals surface area (Å²) in [7, 11) is 1.99. The summed E-state index contributed by atoms with van der Waals surface area (Å²) in [6.45, 7) is 6.15. The first-order valence-electron chi connectivity index (χ1n) is 12.0. The molecule has 38 heavy (non-hydrogen) atoms. The van der Waals surface area contributed by atoms with E-state index in [1.54, 1.807) is 36.5 Å². The quantitative estimate of drug-likeness (QED) is 0.336. The Morgan fingerprint density at radius 3 is 2.58 bits per heavy atom. The fraction of sp³-hybridized carbons (Fsp3) is 0.179. The van der Waals surface area contributed by atoms with Gasteiger partial charge in [-0.3, -0.25) is 4.79 Å². The number of likely N-dealkylation sites (N-methyl/N-ethyl adjacent to an activating group) is 1. The average Bonchev–Trinajstić information content (AvgIpc) is 2.91. The molecule has 10 heteroatoms. The molecule has 1 saturated heterocycles. The van der Waals surface area contributed by atoms with E-state index in [1.165, 1.54) is 18.2 Å². The van der Waals surface area contributed by atoms with E-state index in [2.05, 4.69) is 32.1 Å². The van der Waals surface area contributed by atoms with Crippen molar-refractivity contribution < 1.29 is 18.0 Å². The fourth-order valence-corrected chi connectivity index (χ4v) is 4.41. The van der Waals surface area contributed by atoms with Gasteiger partial charge in [-0.05, 0) is 49.0 Å². The van der Waals surface area contributed by atoms with Crippen LogP contribution in [0.3, 0.4) is 0 Å². The maximum absolute atomic E-state index is 15.0. The number of hydrogen-bond donors (Lipinski definition) is 2. The summed E-state index contributed by atoms with van der Waals surface area (Å²) in [4.78, 5) is 24.4. The van der Waals surface area contributed by atoms with Crippen LogP contribution in [0, 0.1) is 17.5 Å². The minimum absolute atomic E-state index is 0.0483. The first kappa shape index (κ1) is 25.2. The number of aromatic nitrogens is 2. The van der Waals surface area contributed by atoms with Crippen LogP contribution in [-0.2, 0) is 4.79 Å². The summed E-state index contributed by atoms with van der Waals surface area (Å²) in [6, 6.07) is 12.4. The smallest absolute Gasteiger partial charge is 0.247 e. The van der Waals surface area contributed by atoms with Crippen molar-refractivity contribution in [2.75, 3.05) is 48.8 Å². The van der Waals surface area contributed by atoms with E-state index in [-0.39, 0.29) is 23.0 Å². The Labute approximate surface area is 217 Å². The second-order valence-electron chi connectivity index (χ2n) is 9.03. The highest BCUT2D eigenvalue weighted by atomic mass is 19.2. The number of anilines is 4. The summed E-state index contributed by atoms with van der Waals surface area (Å²) in [5.74, 6) is -2.93. The topological polar surface area (TPSA) is 73.4 Å².